The first-order valence-corrected chi connectivity index (χ1v) is 9.10. The highest BCUT2D eigenvalue weighted by molar-refractivity contribution is 7.98. The topological polar surface area (TPSA) is 91.8 Å². The van der Waals surface area contributed by atoms with E-state index in [0.717, 1.165) is 23.7 Å². The van der Waals surface area contributed by atoms with Crippen molar-refractivity contribution in [2.24, 2.45) is 5.92 Å². The zero-order valence-corrected chi connectivity index (χ0v) is 15.2. The first-order valence-electron chi connectivity index (χ1n) is 8.12. The van der Waals surface area contributed by atoms with Crippen LogP contribution >= 0.6 is 11.8 Å². The van der Waals surface area contributed by atoms with Gasteiger partial charge in [0.25, 0.3) is 0 Å². The largest absolute Gasteiger partial charge is 0.492 e. The molecule has 0 aliphatic heterocycles. The van der Waals surface area contributed by atoms with Crippen molar-refractivity contribution in [3.8, 4) is 11.4 Å². The molecule has 0 bridgehead atoms. The van der Waals surface area contributed by atoms with Crippen LogP contribution in [0.5, 0.6) is 5.75 Å². The van der Waals surface area contributed by atoms with Gasteiger partial charge in [-0.2, -0.15) is 9.67 Å². The number of nitrogens with zero attached hydrogens (tertiary/aromatic N) is 6. The summed E-state index contributed by atoms with van der Waals surface area (Å²) >= 11 is 1.44. The smallest absolute Gasteiger partial charge is 0.237 e. The van der Waals surface area contributed by atoms with Gasteiger partial charge in [0.15, 0.2) is 5.82 Å². The molecule has 0 aliphatic rings. The Morgan fingerprint density at radius 2 is 2.12 bits per heavy atom. The molecule has 0 N–H and O–H groups in total. The third-order valence-electron chi connectivity index (χ3n) is 3.26. The molecule has 2 heterocycles. The average molecular weight is 360 g/mol. The number of benzene rings is 1. The maximum absolute atomic E-state index is 5.65. The van der Waals surface area contributed by atoms with Crippen LogP contribution in [0.1, 0.15) is 32.5 Å². The molecule has 3 aromatic rings. The summed E-state index contributed by atoms with van der Waals surface area (Å²) in [5.41, 5.74) is 0.794. The van der Waals surface area contributed by atoms with Gasteiger partial charge < -0.3 is 9.26 Å². The summed E-state index contributed by atoms with van der Waals surface area (Å²) in [5.74, 6) is 3.01. The molecule has 0 aliphatic carbocycles. The second-order valence-electron chi connectivity index (χ2n) is 5.76. The number of rotatable bonds is 8. The predicted molar refractivity (Wildman–Crippen MR) is 92.7 cm³/mol. The van der Waals surface area contributed by atoms with Gasteiger partial charge in [-0.3, -0.25) is 0 Å². The second-order valence-corrected chi connectivity index (χ2v) is 6.71. The normalized spacial score (nSPS) is 11.2. The molecule has 0 fully saturated rings. The Morgan fingerprint density at radius 3 is 2.92 bits per heavy atom. The first kappa shape index (κ1) is 17.4. The van der Waals surface area contributed by atoms with E-state index in [9.17, 15) is 0 Å². The van der Waals surface area contributed by atoms with Gasteiger partial charge >= 0.3 is 0 Å². The van der Waals surface area contributed by atoms with E-state index < -0.39 is 0 Å². The Bertz CT molecular complexity index is 816. The molecule has 132 valence electrons. The first-order chi connectivity index (χ1) is 12.2. The number of tetrazole rings is 1. The molecule has 0 spiro atoms. The summed E-state index contributed by atoms with van der Waals surface area (Å²) in [6.45, 7) is 6.75. The molecule has 25 heavy (non-hydrogen) atoms. The Morgan fingerprint density at radius 1 is 1.28 bits per heavy atom. The van der Waals surface area contributed by atoms with Crippen molar-refractivity contribution in [3.05, 3.63) is 36.0 Å². The van der Waals surface area contributed by atoms with Gasteiger partial charge in [-0.15, -0.1) is 5.10 Å². The van der Waals surface area contributed by atoms with Crippen molar-refractivity contribution in [1.82, 2.24) is 30.3 Å². The molecule has 0 radical (unpaired) electrons. The van der Waals surface area contributed by atoms with Gasteiger partial charge in [-0.05, 0) is 35.4 Å². The summed E-state index contributed by atoms with van der Waals surface area (Å²) < 4.78 is 12.6. The van der Waals surface area contributed by atoms with Gasteiger partial charge in [-0.25, -0.2) is 0 Å². The van der Waals surface area contributed by atoms with Crippen molar-refractivity contribution >= 4 is 11.8 Å². The molecule has 9 heteroatoms. The number of para-hydroxylation sites is 2. The minimum atomic E-state index is 0.487. The van der Waals surface area contributed by atoms with Crippen LogP contribution in [0.25, 0.3) is 5.69 Å². The highest BCUT2D eigenvalue weighted by Gasteiger charge is 2.15. The second kappa shape index (κ2) is 8.11. The van der Waals surface area contributed by atoms with Crippen LogP contribution in [0.2, 0.25) is 0 Å². The SMILES string of the molecule is CCOc1ccccc1-n1nnnc1SCc1nc(CC(C)C)no1. The van der Waals surface area contributed by atoms with Crippen LogP contribution in [-0.4, -0.2) is 37.0 Å². The highest BCUT2D eigenvalue weighted by Crippen LogP contribution is 2.27. The minimum Gasteiger partial charge on any atom is -0.492 e. The Labute approximate surface area is 150 Å². The maximum atomic E-state index is 5.65. The van der Waals surface area contributed by atoms with Crippen molar-refractivity contribution < 1.29 is 9.26 Å². The van der Waals surface area contributed by atoms with Gasteiger partial charge in [0.05, 0.1) is 12.4 Å². The van der Waals surface area contributed by atoms with Crippen LogP contribution in [0.3, 0.4) is 0 Å². The Kier molecular flexibility index (Phi) is 5.64. The van der Waals surface area contributed by atoms with Gasteiger partial charge in [0, 0.05) is 6.42 Å². The number of aromatic nitrogens is 6. The van der Waals surface area contributed by atoms with E-state index in [-0.39, 0.29) is 0 Å². The monoisotopic (exact) mass is 360 g/mol. The molecule has 0 saturated heterocycles. The van der Waals surface area contributed by atoms with Crippen molar-refractivity contribution in [2.45, 2.75) is 38.1 Å². The van der Waals surface area contributed by atoms with Gasteiger partial charge in [0.2, 0.25) is 11.0 Å². The molecule has 0 unspecified atom stereocenters. The van der Waals surface area contributed by atoms with E-state index >= 15 is 0 Å². The van der Waals surface area contributed by atoms with Crippen molar-refractivity contribution in [3.63, 3.8) is 0 Å². The molecule has 8 nitrogen and oxygen atoms in total. The van der Waals surface area contributed by atoms with Crippen molar-refractivity contribution in [2.75, 3.05) is 6.61 Å². The van der Waals surface area contributed by atoms with Crippen LogP contribution in [0.15, 0.2) is 33.9 Å². The van der Waals surface area contributed by atoms with E-state index in [1.54, 1.807) is 4.68 Å². The number of hydrogen-bond acceptors (Lipinski definition) is 8. The zero-order chi connectivity index (χ0) is 17.6. The fraction of sp³-hybridized carbons (Fsp3) is 0.438. The number of thioether (sulfide) groups is 1. The lowest BCUT2D eigenvalue weighted by Crippen LogP contribution is -2.03. The lowest BCUT2D eigenvalue weighted by Gasteiger charge is -2.10. The molecule has 0 saturated carbocycles. The maximum Gasteiger partial charge on any atom is 0.237 e. The number of ether oxygens (including phenoxy) is 1. The lowest BCUT2D eigenvalue weighted by atomic mass is 10.1. The Hall–Kier alpha value is -2.42. The Balaban J connectivity index is 1.73. The number of hydrogen-bond donors (Lipinski definition) is 0. The summed E-state index contributed by atoms with van der Waals surface area (Å²) in [5, 5.41) is 16.6. The standard InChI is InChI=1S/C16H20N6O2S/c1-4-23-13-8-6-5-7-12(13)22-16(18-20-21-22)25-10-15-17-14(19-24-15)9-11(2)3/h5-8,11H,4,9-10H2,1-3H3. The third-order valence-corrected chi connectivity index (χ3v) is 4.16. The lowest BCUT2D eigenvalue weighted by molar-refractivity contribution is 0.337. The van der Waals surface area contributed by atoms with E-state index in [1.165, 1.54) is 11.8 Å². The predicted octanol–water partition coefficient (Wildman–Crippen LogP) is 2.93. The highest BCUT2D eigenvalue weighted by atomic mass is 32.2. The minimum absolute atomic E-state index is 0.487. The summed E-state index contributed by atoms with van der Waals surface area (Å²) in [6, 6.07) is 7.65. The summed E-state index contributed by atoms with van der Waals surface area (Å²) in [6.07, 6.45) is 0.799. The average Bonchev–Trinajstić information content (AvgIpc) is 3.22. The van der Waals surface area contributed by atoms with Crippen LogP contribution in [-0.2, 0) is 12.2 Å². The summed E-state index contributed by atoms with van der Waals surface area (Å²) in [4.78, 5) is 4.40. The molecular weight excluding hydrogens is 340 g/mol. The summed E-state index contributed by atoms with van der Waals surface area (Å²) in [7, 11) is 0. The molecule has 3 rings (SSSR count). The van der Waals surface area contributed by atoms with E-state index in [1.807, 2.05) is 31.2 Å². The van der Waals surface area contributed by atoms with Crippen LogP contribution in [0, 0.1) is 5.92 Å². The van der Waals surface area contributed by atoms with E-state index in [2.05, 4.69) is 39.5 Å². The molecule has 2 aromatic heterocycles. The van der Waals surface area contributed by atoms with Crippen molar-refractivity contribution in [1.29, 1.82) is 0 Å². The van der Waals surface area contributed by atoms with E-state index in [0.29, 0.717) is 29.3 Å². The van der Waals surface area contributed by atoms with Gasteiger partial charge in [0.1, 0.15) is 11.4 Å². The van der Waals surface area contributed by atoms with Crippen LogP contribution < -0.4 is 4.74 Å². The molecular formula is C16H20N6O2S. The third kappa shape index (κ3) is 4.36. The quantitative estimate of drug-likeness (QED) is 0.566. The fourth-order valence-electron chi connectivity index (χ4n) is 2.25. The van der Waals surface area contributed by atoms with Crippen LogP contribution in [0.4, 0.5) is 0 Å². The zero-order valence-electron chi connectivity index (χ0n) is 14.4. The van der Waals surface area contributed by atoms with E-state index in [4.69, 9.17) is 9.26 Å². The molecule has 0 atom stereocenters. The molecule has 1 aromatic carbocycles. The molecule has 0 amide bonds. The fourth-order valence-corrected chi connectivity index (χ4v) is 2.97. The van der Waals surface area contributed by atoms with Gasteiger partial charge in [-0.1, -0.05) is 42.9 Å².